The van der Waals surface area contributed by atoms with Gasteiger partial charge < -0.3 is 4.90 Å². The molecule has 1 heterocycles. The lowest BCUT2D eigenvalue weighted by Gasteiger charge is -2.35. The van der Waals surface area contributed by atoms with Gasteiger partial charge in [-0.2, -0.15) is 0 Å². The predicted molar refractivity (Wildman–Crippen MR) is 277 cm³/mol. The summed E-state index contributed by atoms with van der Waals surface area (Å²) in [6.45, 7) is 0. The molecule has 310 valence electrons. The highest BCUT2D eigenvalue weighted by molar-refractivity contribution is 7.17. The van der Waals surface area contributed by atoms with Crippen molar-refractivity contribution in [2.45, 2.75) is 10.8 Å². The second kappa shape index (κ2) is 15.3. The van der Waals surface area contributed by atoms with Gasteiger partial charge in [0.1, 0.15) is 0 Å². The molecule has 0 fully saturated rings. The standard InChI is InChI=1S/C64H43NS/c1-5-17-47(18-6-1)63(48-19-7-2-8-20-48)59-28-16-14-26-55(59)57-42-52(35-37-60(57)63)65(51-32-29-44(30-33-51)45-31-38-62-46(41-45)39-40-66-62)53-34-36-56-54-25-13-15-27-58(54)64(61(56)43-53,49-21-9-3-10-22-49)50-23-11-4-12-24-50/h1-43H. The third-order valence-electron chi connectivity index (χ3n) is 14.3. The Morgan fingerprint density at radius 2 is 0.727 bits per heavy atom. The molecule has 2 aliphatic carbocycles. The third kappa shape index (κ3) is 5.65. The van der Waals surface area contributed by atoms with Gasteiger partial charge in [-0.1, -0.05) is 200 Å². The number of hydrogen-bond acceptors (Lipinski definition) is 2. The fourth-order valence-electron chi connectivity index (χ4n) is 11.5. The van der Waals surface area contributed by atoms with Crippen LogP contribution >= 0.6 is 11.3 Å². The maximum Gasteiger partial charge on any atom is 0.0714 e. The molecule has 0 spiro atoms. The summed E-state index contributed by atoms with van der Waals surface area (Å²) in [5.41, 5.74) is 20.0. The molecule has 0 bridgehead atoms. The zero-order valence-electron chi connectivity index (χ0n) is 36.2. The Bertz CT molecular complexity index is 3490. The lowest BCUT2D eigenvalue weighted by atomic mass is 9.67. The number of anilines is 3. The molecule has 10 aromatic carbocycles. The summed E-state index contributed by atoms with van der Waals surface area (Å²) in [5.74, 6) is 0. The Hall–Kier alpha value is -8.04. The number of rotatable bonds is 8. The highest BCUT2D eigenvalue weighted by Crippen LogP contribution is 2.59. The van der Waals surface area contributed by atoms with Gasteiger partial charge in [0.2, 0.25) is 0 Å². The highest BCUT2D eigenvalue weighted by atomic mass is 32.1. The third-order valence-corrected chi connectivity index (χ3v) is 15.2. The molecule has 0 N–H and O–H groups in total. The molecule has 2 aliphatic rings. The Morgan fingerprint density at radius 1 is 0.288 bits per heavy atom. The van der Waals surface area contributed by atoms with Crippen molar-refractivity contribution < 1.29 is 0 Å². The van der Waals surface area contributed by atoms with Gasteiger partial charge in [-0.15, -0.1) is 11.3 Å². The number of fused-ring (bicyclic) bond motifs is 7. The molecule has 0 saturated carbocycles. The fourth-order valence-corrected chi connectivity index (χ4v) is 12.3. The Labute approximate surface area is 390 Å². The molecule has 13 rings (SSSR count). The van der Waals surface area contributed by atoms with Gasteiger partial charge in [-0.05, 0) is 143 Å². The van der Waals surface area contributed by atoms with Crippen molar-refractivity contribution in [3.8, 4) is 33.4 Å². The molecule has 0 unspecified atom stereocenters. The average Bonchev–Trinajstić information content (AvgIpc) is 4.08. The van der Waals surface area contributed by atoms with Crippen molar-refractivity contribution >= 4 is 38.5 Å². The van der Waals surface area contributed by atoms with Crippen LogP contribution < -0.4 is 4.90 Å². The van der Waals surface area contributed by atoms with Crippen LogP contribution in [0.2, 0.25) is 0 Å². The van der Waals surface area contributed by atoms with E-state index in [9.17, 15) is 0 Å². The smallest absolute Gasteiger partial charge is 0.0714 e. The van der Waals surface area contributed by atoms with Gasteiger partial charge in [0.05, 0.1) is 10.8 Å². The minimum Gasteiger partial charge on any atom is -0.310 e. The lowest BCUT2D eigenvalue weighted by Crippen LogP contribution is -2.28. The zero-order valence-corrected chi connectivity index (χ0v) is 37.0. The van der Waals surface area contributed by atoms with Crippen LogP contribution in [0.15, 0.2) is 260 Å². The van der Waals surface area contributed by atoms with Gasteiger partial charge in [0.25, 0.3) is 0 Å². The van der Waals surface area contributed by atoms with Crippen LogP contribution in [-0.4, -0.2) is 0 Å². The van der Waals surface area contributed by atoms with Crippen molar-refractivity contribution in [1.82, 2.24) is 0 Å². The molecule has 11 aromatic rings. The van der Waals surface area contributed by atoms with Crippen LogP contribution in [0.4, 0.5) is 17.1 Å². The number of benzene rings is 10. The maximum atomic E-state index is 2.48. The first-order valence-electron chi connectivity index (χ1n) is 22.8. The van der Waals surface area contributed by atoms with Crippen molar-refractivity contribution in [2.24, 2.45) is 0 Å². The van der Waals surface area contributed by atoms with E-state index >= 15 is 0 Å². The Morgan fingerprint density at radius 3 is 1.32 bits per heavy atom. The van der Waals surface area contributed by atoms with E-state index in [1.165, 1.54) is 88.0 Å². The molecule has 0 amide bonds. The molecule has 0 radical (unpaired) electrons. The van der Waals surface area contributed by atoms with Gasteiger partial charge in [0.15, 0.2) is 0 Å². The first-order chi connectivity index (χ1) is 32.7. The van der Waals surface area contributed by atoms with E-state index in [1.54, 1.807) is 11.3 Å². The van der Waals surface area contributed by atoms with E-state index < -0.39 is 10.8 Å². The summed E-state index contributed by atoms with van der Waals surface area (Å²) in [5, 5.41) is 3.45. The first-order valence-corrected chi connectivity index (χ1v) is 23.7. The van der Waals surface area contributed by atoms with Gasteiger partial charge in [-0.3, -0.25) is 0 Å². The molecule has 0 saturated heterocycles. The summed E-state index contributed by atoms with van der Waals surface area (Å²) in [6, 6.07) is 95.0. The molecular formula is C64H43NS. The second-order valence-electron chi connectivity index (χ2n) is 17.6. The second-order valence-corrected chi connectivity index (χ2v) is 18.5. The minimum absolute atomic E-state index is 0.479. The molecule has 2 heteroatoms. The first kappa shape index (κ1) is 38.4. The van der Waals surface area contributed by atoms with Crippen LogP contribution in [0.3, 0.4) is 0 Å². The van der Waals surface area contributed by atoms with E-state index in [0.29, 0.717) is 0 Å². The maximum absolute atomic E-state index is 2.48. The van der Waals surface area contributed by atoms with Crippen LogP contribution in [0.25, 0.3) is 43.5 Å². The monoisotopic (exact) mass is 857 g/mol. The topological polar surface area (TPSA) is 3.24 Å². The van der Waals surface area contributed by atoms with Crippen molar-refractivity contribution in [1.29, 1.82) is 0 Å². The van der Waals surface area contributed by atoms with Crippen molar-refractivity contribution in [2.75, 3.05) is 4.90 Å². The van der Waals surface area contributed by atoms with Crippen LogP contribution in [0, 0.1) is 0 Å². The van der Waals surface area contributed by atoms with E-state index in [1.807, 2.05) is 0 Å². The van der Waals surface area contributed by atoms with Crippen molar-refractivity contribution in [3.63, 3.8) is 0 Å². The van der Waals surface area contributed by atoms with E-state index in [0.717, 1.165) is 17.1 Å². The van der Waals surface area contributed by atoms with Gasteiger partial charge in [0, 0.05) is 21.8 Å². The molecule has 0 aliphatic heterocycles. The largest absolute Gasteiger partial charge is 0.310 e. The van der Waals surface area contributed by atoms with Crippen LogP contribution in [0.5, 0.6) is 0 Å². The summed E-state index contributed by atoms with van der Waals surface area (Å²) < 4.78 is 1.31. The van der Waals surface area contributed by atoms with E-state index in [-0.39, 0.29) is 0 Å². The molecule has 66 heavy (non-hydrogen) atoms. The van der Waals surface area contributed by atoms with Gasteiger partial charge in [-0.25, -0.2) is 0 Å². The number of nitrogens with zero attached hydrogens (tertiary/aromatic N) is 1. The molecule has 0 atom stereocenters. The van der Waals surface area contributed by atoms with Gasteiger partial charge >= 0.3 is 0 Å². The van der Waals surface area contributed by atoms with E-state index in [2.05, 4.69) is 265 Å². The predicted octanol–water partition coefficient (Wildman–Crippen LogP) is 16.8. The van der Waals surface area contributed by atoms with E-state index in [4.69, 9.17) is 0 Å². The quantitative estimate of drug-likeness (QED) is 0.147. The summed E-state index contributed by atoms with van der Waals surface area (Å²) in [4.78, 5) is 2.48. The Kier molecular flexibility index (Phi) is 8.91. The normalized spacial score (nSPS) is 13.7. The lowest BCUT2D eigenvalue weighted by molar-refractivity contribution is 0.768. The van der Waals surface area contributed by atoms with Crippen LogP contribution in [0.1, 0.15) is 44.5 Å². The molecule has 1 nitrogen and oxygen atoms in total. The summed E-state index contributed by atoms with van der Waals surface area (Å²) >= 11 is 1.79. The Balaban J connectivity index is 1.05. The molecule has 1 aromatic heterocycles. The zero-order chi connectivity index (χ0) is 43.7. The molecular weight excluding hydrogens is 815 g/mol. The number of thiophene rings is 1. The highest BCUT2D eigenvalue weighted by Gasteiger charge is 2.48. The average molecular weight is 858 g/mol. The summed E-state index contributed by atoms with van der Waals surface area (Å²) in [6.07, 6.45) is 0. The fraction of sp³-hybridized carbons (Fsp3) is 0.0312. The summed E-state index contributed by atoms with van der Waals surface area (Å²) in [7, 11) is 0. The number of hydrogen-bond donors (Lipinski definition) is 0. The minimum atomic E-state index is -0.526. The SMILES string of the molecule is c1ccc(C2(c3ccccc3)c3ccccc3-c3cc(N(c4ccc(-c5ccc6sccc6c5)cc4)c4ccc5c(c4)C(c4ccccc4)(c4ccccc4)c4ccccc4-5)ccc32)cc1. The van der Waals surface area contributed by atoms with Crippen LogP contribution in [-0.2, 0) is 10.8 Å². The van der Waals surface area contributed by atoms with Crippen molar-refractivity contribution in [3.05, 3.63) is 305 Å².